The van der Waals surface area contributed by atoms with Crippen molar-refractivity contribution in [3.8, 4) is 10.4 Å². The van der Waals surface area contributed by atoms with Crippen LogP contribution in [0.4, 0.5) is 4.39 Å². The molecule has 1 fully saturated rings. The lowest BCUT2D eigenvalue weighted by Crippen LogP contribution is -2.60. The summed E-state index contributed by atoms with van der Waals surface area (Å²) in [5.41, 5.74) is 3.47. The van der Waals surface area contributed by atoms with Crippen LogP contribution < -0.4 is 0 Å². The summed E-state index contributed by atoms with van der Waals surface area (Å²) in [5.74, 6) is -3.60. The lowest BCUT2D eigenvalue weighted by atomic mass is 9.87. The molecule has 1 aliphatic rings. The summed E-state index contributed by atoms with van der Waals surface area (Å²) in [5, 5.41) is 0. The monoisotopic (exact) mass is 584 g/mol. The minimum absolute atomic E-state index is 0.106. The van der Waals surface area contributed by atoms with Crippen LogP contribution in [0.1, 0.15) is 48.8 Å². The Morgan fingerprint density at radius 3 is 2.32 bits per heavy atom. The lowest BCUT2D eigenvalue weighted by Gasteiger charge is -2.47. The Bertz CT molecular complexity index is 1400. The van der Waals surface area contributed by atoms with Gasteiger partial charge in [-0.25, -0.2) is 4.39 Å². The van der Waals surface area contributed by atoms with E-state index in [1.165, 1.54) is 40.0 Å². The van der Waals surface area contributed by atoms with E-state index in [1.54, 1.807) is 23.5 Å². The van der Waals surface area contributed by atoms with Crippen molar-refractivity contribution in [3.63, 3.8) is 0 Å². The van der Waals surface area contributed by atoms with Crippen LogP contribution in [0.2, 0.25) is 0 Å². The summed E-state index contributed by atoms with van der Waals surface area (Å²) < 4.78 is 42.3. The smallest absolute Gasteiger partial charge is 0.303 e. The zero-order valence-electron chi connectivity index (χ0n) is 23.6. The van der Waals surface area contributed by atoms with E-state index in [4.69, 9.17) is 23.7 Å². The molecule has 1 unspecified atom stereocenters. The molecule has 0 spiro atoms. The van der Waals surface area contributed by atoms with E-state index in [0.29, 0.717) is 12.0 Å². The molecule has 8 nitrogen and oxygen atoms in total. The van der Waals surface area contributed by atoms with Crippen LogP contribution in [-0.4, -0.2) is 49.9 Å². The number of thiophene rings is 1. The zero-order chi connectivity index (χ0) is 29.7. The quantitative estimate of drug-likeness (QED) is 0.241. The van der Waals surface area contributed by atoms with Gasteiger partial charge < -0.3 is 23.7 Å². The zero-order valence-corrected chi connectivity index (χ0v) is 24.4. The topological polar surface area (TPSA) is 97.4 Å². The summed E-state index contributed by atoms with van der Waals surface area (Å²) in [6.07, 6.45) is -2.06. The van der Waals surface area contributed by atoms with Gasteiger partial charge in [0, 0.05) is 56.0 Å². The number of carbonyl (C=O) groups is 3. The van der Waals surface area contributed by atoms with Crippen molar-refractivity contribution < 1.29 is 42.5 Å². The predicted molar refractivity (Wildman–Crippen MR) is 150 cm³/mol. The highest BCUT2D eigenvalue weighted by Gasteiger charge is 2.56. The van der Waals surface area contributed by atoms with Gasteiger partial charge in [0.05, 0.1) is 6.10 Å². The van der Waals surface area contributed by atoms with Crippen molar-refractivity contribution in [2.75, 3.05) is 13.7 Å². The summed E-state index contributed by atoms with van der Waals surface area (Å²) in [6.45, 7) is 5.69. The molecule has 1 aromatic heterocycles. The number of esters is 3. The van der Waals surface area contributed by atoms with Gasteiger partial charge in [0.1, 0.15) is 18.5 Å². The number of benzene rings is 2. The molecule has 0 amide bonds. The minimum atomic E-state index is -1.66. The predicted octanol–water partition coefficient (Wildman–Crippen LogP) is 5.47. The molecule has 0 radical (unpaired) electrons. The van der Waals surface area contributed by atoms with Gasteiger partial charge in [0.15, 0.2) is 6.10 Å². The molecule has 2 aromatic carbocycles. The van der Waals surface area contributed by atoms with Crippen LogP contribution in [0.5, 0.6) is 0 Å². The van der Waals surface area contributed by atoms with E-state index in [-0.39, 0.29) is 18.8 Å². The van der Waals surface area contributed by atoms with Gasteiger partial charge in [-0.3, -0.25) is 14.4 Å². The first-order valence-electron chi connectivity index (χ1n) is 13.2. The van der Waals surface area contributed by atoms with E-state index in [0.717, 1.165) is 26.4 Å². The molecule has 0 aliphatic carbocycles. The third-order valence-corrected chi connectivity index (χ3v) is 7.98. The van der Waals surface area contributed by atoms with E-state index < -0.39 is 42.0 Å². The lowest BCUT2D eigenvalue weighted by molar-refractivity contribution is -0.347. The van der Waals surface area contributed by atoms with Crippen LogP contribution in [-0.2, 0) is 50.3 Å². The van der Waals surface area contributed by atoms with Crippen molar-refractivity contribution >= 4 is 29.2 Å². The average Bonchev–Trinajstić information content (AvgIpc) is 3.38. The van der Waals surface area contributed by atoms with E-state index in [9.17, 15) is 18.8 Å². The molecule has 41 heavy (non-hydrogen) atoms. The Hall–Kier alpha value is -3.60. The maximum atomic E-state index is 13.4. The minimum Gasteiger partial charge on any atom is -0.463 e. The number of ether oxygens (including phenoxy) is 5. The fourth-order valence-corrected chi connectivity index (χ4v) is 6.02. The first-order valence-corrected chi connectivity index (χ1v) is 14.0. The number of methoxy groups -OCH3 is 1. The summed E-state index contributed by atoms with van der Waals surface area (Å²) in [6, 6.07) is 16.1. The average molecular weight is 585 g/mol. The first-order chi connectivity index (χ1) is 19.5. The van der Waals surface area contributed by atoms with Gasteiger partial charge in [-0.1, -0.05) is 24.3 Å². The molecule has 0 N–H and O–H groups in total. The summed E-state index contributed by atoms with van der Waals surface area (Å²) in [4.78, 5) is 37.9. The van der Waals surface area contributed by atoms with Crippen molar-refractivity contribution in [2.45, 2.75) is 64.6 Å². The molecular weight excluding hydrogens is 551 g/mol. The van der Waals surface area contributed by atoms with Crippen molar-refractivity contribution in [2.24, 2.45) is 0 Å². The molecule has 2 heterocycles. The maximum absolute atomic E-state index is 13.4. The van der Waals surface area contributed by atoms with Crippen molar-refractivity contribution in [1.29, 1.82) is 0 Å². The van der Waals surface area contributed by atoms with Crippen LogP contribution >= 0.6 is 11.3 Å². The second-order valence-corrected chi connectivity index (χ2v) is 11.1. The molecule has 0 saturated carbocycles. The van der Waals surface area contributed by atoms with Crippen LogP contribution in [0.25, 0.3) is 10.4 Å². The molecule has 4 atom stereocenters. The van der Waals surface area contributed by atoms with E-state index >= 15 is 0 Å². The Kier molecular flexibility index (Phi) is 9.57. The van der Waals surface area contributed by atoms with Gasteiger partial charge in [-0.05, 0) is 53.9 Å². The number of hydrogen-bond donors (Lipinski definition) is 0. The normalized spacial score (nSPS) is 22.1. The third kappa shape index (κ3) is 7.19. The molecule has 3 aromatic rings. The highest BCUT2D eigenvalue weighted by molar-refractivity contribution is 7.15. The SMILES string of the molecule is COC1(c2ccc(C)c(Cc3ccc(-c4ccc(F)cc4)s3)c2)O[C@H](COC(C)=O)C[C@H](OC(C)=O)[C@H]1OC(C)=O. The van der Waals surface area contributed by atoms with Gasteiger partial charge in [-0.2, -0.15) is 0 Å². The Morgan fingerprint density at radius 1 is 0.976 bits per heavy atom. The van der Waals surface area contributed by atoms with Crippen molar-refractivity contribution in [1.82, 2.24) is 0 Å². The van der Waals surface area contributed by atoms with Crippen LogP contribution in [0.15, 0.2) is 54.6 Å². The molecule has 10 heteroatoms. The van der Waals surface area contributed by atoms with Crippen molar-refractivity contribution in [3.05, 3.63) is 82.0 Å². The highest BCUT2D eigenvalue weighted by atomic mass is 32.1. The van der Waals surface area contributed by atoms with Gasteiger partial charge in [0.25, 0.3) is 0 Å². The highest BCUT2D eigenvalue weighted by Crippen LogP contribution is 2.43. The molecule has 1 aliphatic heterocycles. The summed E-state index contributed by atoms with van der Waals surface area (Å²) >= 11 is 1.61. The number of aryl methyl sites for hydroxylation is 1. The Labute approximate surface area is 242 Å². The largest absolute Gasteiger partial charge is 0.463 e. The van der Waals surface area contributed by atoms with Gasteiger partial charge in [0.2, 0.25) is 5.79 Å². The number of rotatable bonds is 9. The fraction of sp³-hybridized carbons (Fsp3) is 0.387. The Morgan fingerprint density at radius 2 is 1.68 bits per heavy atom. The molecular formula is C31H33FO8S. The van der Waals surface area contributed by atoms with Gasteiger partial charge in [-0.15, -0.1) is 11.3 Å². The van der Waals surface area contributed by atoms with Gasteiger partial charge >= 0.3 is 17.9 Å². The van der Waals surface area contributed by atoms with Crippen LogP contribution in [0.3, 0.4) is 0 Å². The van der Waals surface area contributed by atoms with Crippen LogP contribution in [0, 0.1) is 12.7 Å². The number of hydrogen-bond acceptors (Lipinski definition) is 9. The van der Waals surface area contributed by atoms with E-state index in [1.807, 2.05) is 37.3 Å². The molecule has 1 saturated heterocycles. The Balaban J connectivity index is 1.72. The second kappa shape index (κ2) is 12.9. The molecule has 4 rings (SSSR count). The molecule has 0 bridgehead atoms. The maximum Gasteiger partial charge on any atom is 0.303 e. The van der Waals surface area contributed by atoms with E-state index in [2.05, 4.69) is 0 Å². The number of halogens is 1. The standard InChI is InChI=1S/C31H33FO8S/c1-18-6-9-24(14-23(18)15-27-12-13-29(41-27)22-7-10-25(32)11-8-22)31(36-5)30(39-21(4)35)28(38-20(3)34)16-26(40-31)17-37-19(2)33/h6-14,26,28,30H,15-17H2,1-5H3/t26-,28-,30+,31?/m0/s1. The third-order valence-electron chi connectivity index (χ3n) is 6.84. The molecule has 218 valence electrons. The first kappa shape index (κ1) is 30.4. The summed E-state index contributed by atoms with van der Waals surface area (Å²) in [7, 11) is 1.42. The number of carbonyl (C=O) groups excluding carboxylic acids is 3. The fourth-order valence-electron chi connectivity index (χ4n) is 4.98. The second-order valence-electron chi connectivity index (χ2n) is 9.92.